The van der Waals surface area contributed by atoms with Crippen LogP contribution in [-0.4, -0.2) is 24.4 Å². The number of ether oxygens (including phenoxy) is 1. The van der Waals surface area contributed by atoms with Gasteiger partial charge in [0.2, 0.25) is 0 Å². The zero-order chi connectivity index (χ0) is 12.7. The van der Waals surface area contributed by atoms with Gasteiger partial charge in [-0.25, -0.2) is 4.79 Å². The van der Waals surface area contributed by atoms with Gasteiger partial charge >= 0.3 is 6.09 Å². The molecule has 0 heterocycles. The van der Waals surface area contributed by atoms with Crippen LogP contribution >= 0.6 is 25.3 Å². The number of hydrogen-bond donors (Lipinski definition) is 4. The lowest BCUT2D eigenvalue weighted by Gasteiger charge is -2.10. The van der Waals surface area contributed by atoms with Gasteiger partial charge in [-0.15, -0.1) is 0 Å². The molecule has 0 fully saturated rings. The minimum atomic E-state index is -1.05. The minimum absolute atomic E-state index is 0.264. The maximum Gasteiger partial charge on any atom is 0.404 e. The normalized spacial score (nSPS) is 10.0. The molecule has 1 aromatic carbocycles. The van der Waals surface area contributed by atoms with Crippen LogP contribution in [0.4, 0.5) is 4.79 Å². The molecule has 0 saturated carbocycles. The van der Waals surface area contributed by atoms with Crippen LogP contribution in [0.2, 0.25) is 0 Å². The van der Waals surface area contributed by atoms with Gasteiger partial charge in [0.05, 0.1) is 6.54 Å². The van der Waals surface area contributed by atoms with Gasteiger partial charge in [0.15, 0.2) is 0 Å². The summed E-state index contributed by atoms with van der Waals surface area (Å²) in [5, 5.41) is 10.6. The average molecular weight is 273 g/mol. The lowest BCUT2D eigenvalue weighted by atomic mass is 10.1. The number of benzene rings is 1. The van der Waals surface area contributed by atoms with E-state index in [0.717, 1.165) is 11.1 Å². The molecule has 0 saturated heterocycles. The molecule has 4 nitrogen and oxygen atoms in total. The Morgan fingerprint density at radius 2 is 2.00 bits per heavy atom. The molecule has 0 aliphatic rings. The van der Waals surface area contributed by atoms with Crippen molar-refractivity contribution in [1.29, 1.82) is 0 Å². The first kappa shape index (κ1) is 14.1. The van der Waals surface area contributed by atoms with Gasteiger partial charge < -0.3 is 15.2 Å². The molecular formula is C11H15NO3S2. The third-order valence-electron chi connectivity index (χ3n) is 2.17. The van der Waals surface area contributed by atoms with Crippen LogP contribution in [0.3, 0.4) is 0 Å². The third-order valence-corrected chi connectivity index (χ3v) is 2.85. The first-order valence-electron chi connectivity index (χ1n) is 5.10. The minimum Gasteiger partial charge on any atom is -0.492 e. The van der Waals surface area contributed by atoms with Crippen LogP contribution in [0.25, 0.3) is 0 Å². The summed E-state index contributed by atoms with van der Waals surface area (Å²) in [6.07, 6.45) is -1.05. The predicted octanol–water partition coefficient (Wildman–Crippen LogP) is 2.19. The lowest BCUT2D eigenvalue weighted by Crippen LogP contribution is -2.26. The van der Waals surface area contributed by atoms with E-state index >= 15 is 0 Å². The van der Waals surface area contributed by atoms with Crippen molar-refractivity contribution in [2.24, 2.45) is 0 Å². The van der Waals surface area contributed by atoms with E-state index in [1.165, 1.54) is 0 Å². The molecule has 0 spiro atoms. The molecule has 0 aromatic heterocycles. The molecule has 17 heavy (non-hydrogen) atoms. The van der Waals surface area contributed by atoms with Gasteiger partial charge in [-0.05, 0) is 23.3 Å². The molecule has 0 atom stereocenters. The monoisotopic (exact) mass is 273 g/mol. The van der Waals surface area contributed by atoms with Gasteiger partial charge in [-0.3, -0.25) is 0 Å². The zero-order valence-corrected chi connectivity index (χ0v) is 11.0. The second-order valence-corrected chi connectivity index (χ2v) is 3.96. The highest BCUT2D eigenvalue weighted by molar-refractivity contribution is 7.79. The van der Waals surface area contributed by atoms with Crippen LogP contribution in [-0.2, 0) is 11.5 Å². The Morgan fingerprint density at radius 1 is 1.29 bits per heavy atom. The van der Waals surface area contributed by atoms with Crippen molar-refractivity contribution in [3.05, 3.63) is 29.3 Å². The highest BCUT2D eigenvalue weighted by Crippen LogP contribution is 2.20. The zero-order valence-electron chi connectivity index (χ0n) is 9.22. The van der Waals surface area contributed by atoms with E-state index < -0.39 is 6.09 Å². The molecule has 2 N–H and O–H groups in total. The molecule has 1 rings (SSSR count). The van der Waals surface area contributed by atoms with E-state index in [0.29, 0.717) is 23.9 Å². The van der Waals surface area contributed by atoms with Crippen molar-refractivity contribution in [1.82, 2.24) is 5.32 Å². The van der Waals surface area contributed by atoms with E-state index in [1.54, 1.807) is 0 Å². The van der Waals surface area contributed by atoms with Crippen molar-refractivity contribution in [3.63, 3.8) is 0 Å². The summed E-state index contributed by atoms with van der Waals surface area (Å²) in [5.74, 6) is 2.00. The Kier molecular flexibility index (Phi) is 6.07. The summed E-state index contributed by atoms with van der Waals surface area (Å²) in [5.41, 5.74) is 2.20. The number of amides is 1. The van der Waals surface area contributed by atoms with Crippen LogP contribution in [0.1, 0.15) is 11.1 Å². The number of nitrogens with one attached hydrogen (secondary N) is 1. The fourth-order valence-corrected chi connectivity index (χ4v) is 1.92. The van der Waals surface area contributed by atoms with Crippen LogP contribution in [0.15, 0.2) is 18.2 Å². The summed E-state index contributed by atoms with van der Waals surface area (Å²) in [7, 11) is 0. The maximum absolute atomic E-state index is 10.2. The Morgan fingerprint density at radius 3 is 2.59 bits per heavy atom. The fourth-order valence-electron chi connectivity index (χ4n) is 1.32. The highest BCUT2D eigenvalue weighted by atomic mass is 32.1. The molecule has 0 aliphatic heterocycles. The topological polar surface area (TPSA) is 58.6 Å². The molecule has 0 aliphatic carbocycles. The smallest absolute Gasteiger partial charge is 0.404 e. The van der Waals surface area contributed by atoms with Crippen LogP contribution in [0.5, 0.6) is 5.75 Å². The maximum atomic E-state index is 10.2. The largest absolute Gasteiger partial charge is 0.492 e. The Labute approximate surface area is 111 Å². The molecule has 1 aromatic rings. The van der Waals surface area contributed by atoms with Crippen LogP contribution in [0, 0.1) is 0 Å². The molecule has 0 unspecified atom stereocenters. The lowest BCUT2D eigenvalue weighted by molar-refractivity contribution is 0.191. The summed E-state index contributed by atoms with van der Waals surface area (Å²) < 4.78 is 5.41. The number of rotatable bonds is 6. The number of hydrogen-bond acceptors (Lipinski definition) is 4. The van der Waals surface area contributed by atoms with E-state index in [4.69, 9.17) is 9.84 Å². The Balaban J connectivity index is 2.51. The van der Waals surface area contributed by atoms with E-state index in [9.17, 15) is 4.79 Å². The summed E-state index contributed by atoms with van der Waals surface area (Å²) in [4.78, 5) is 10.2. The Hall–Kier alpha value is -1.01. The molecular weight excluding hydrogens is 258 g/mol. The SMILES string of the molecule is O=C(O)NCCOc1ccc(CS)c(CS)c1. The van der Waals surface area contributed by atoms with Gasteiger partial charge in [-0.2, -0.15) is 25.3 Å². The van der Waals surface area contributed by atoms with Crippen molar-refractivity contribution >= 4 is 31.4 Å². The van der Waals surface area contributed by atoms with E-state index in [-0.39, 0.29) is 6.54 Å². The molecule has 0 radical (unpaired) electrons. The van der Waals surface area contributed by atoms with Gasteiger partial charge in [-0.1, -0.05) is 6.07 Å². The second-order valence-electron chi connectivity index (χ2n) is 3.33. The molecule has 0 bridgehead atoms. The summed E-state index contributed by atoms with van der Waals surface area (Å²) >= 11 is 8.46. The third kappa shape index (κ3) is 4.79. The average Bonchev–Trinajstić information content (AvgIpc) is 2.34. The number of carboxylic acid groups (broad SMARTS) is 1. The molecule has 6 heteroatoms. The quantitative estimate of drug-likeness (QED) is 0.475. The molecule has 94 valence electrons. The van der Waals surface area contributed by atoms with Crippen molar-refractivity contribution in [2.45, 2.75) is 11.5 Å². The van der Waals surface area contributed by atoms with Gasteiger partial charge in [0.25, 0.3) is 0 Å². The van der Waals surface area contributed by atoms with Crippen LogP contribution < -0.4 is 10.1 Å². The summed E-state index contributed by atoms with van der Waals surface area (Å²) in [6, 6.07) is 5.69. The highest BCUT2D eigenvalue weighted by Gasteiger charge is 2.02. The Bertz CT molecular complexity index is 385. The van der Waals surface area contributed by atoms with Gasteiger partial charge in [0.1, 0.15) is 12.4 Å². The number of carbonyl (C=O) groups is 1. The fraction of sp³-hybridized carbons (Fsp3) is 0.364. The van der Waals surface area contributed by atoms with Gasteiger partial charge in [0, 0.05) is 11.5 Å². The summed E-state index contributed by atoms with van der Waals surface area (Å²) in [6.45, 7) is 0.568. The van der Waals surface area contributed by atoms with E-state index in [2.05, 4.69) is 30.6 Å². The van der Waals surface area contributed by atoms with Crippen molar-refractivity contribution < 1.29 is 14.6 Å². The van der Waals surface area contributed by atoms with Crippen molar-refractivity contribution in [2.75, 3.05) is 13.2 Å². The first-order valence-corrected chi connectivity index (χ1v) is 6.37. The van der Waals surface area contributed by atoms with Crippen molar-refractivity contribution in [3.8, 4) is 5.75 Å². The first-order chi connectivity index (χ1) is 8.17. The predicted molar refractivity (Wildman–Crippen MR) is 73.3 cm³/mol. The second kappa shape index (κ2) is 7.34. The standard InChI is InChI=1S/C11H15NO3S2/c13-11(14)12-3-4-15-10-2-1-8(6-16)9(5-10)7-17/h1-2,5,12,16-17H,3-4,6-7H2,(H,13,14). The molecule has 1 amide bonds. The number of thiol groups is 2. The van der Waals surface area contributed by atoms with E-state index in [1.807, 2.05) is 18.2 Å².